The smallest absolute Gasteiger partial charge is 0.306 e. The summed E-state index contributed by atoms with van der Waals surface area (Å²) in [6.45, 7) is 6.87. The van der Waals surface area contributed by atoms with Crippen LogP contribution in [-0.4, -0.2) is 42.2 Å². The molecular formula is C22H26F3N3O3. The van der Waals surface area contributed by atoms with Crippen molar-refractivity contribution in [3.05, 3.63) is 35.8 Å². The van der Waals surface area contributed by atoms with Crippen LogP contribution in [0.1, 0.15) is 33.6 Å². The molecule has 1 saturated heterocycles. The minimum absolute atomic E-state index is 0.0291. The molecular weight excluding hydrogens is 411 g/mol. The van der Waals surface area contributed by atoms with Crippen molar-refractivity contribution in [3.8, 4) is 17.3 Å². The maximum absolute atomic E-state index is 14.9. The average molecular weight is 437 g/mol. The van der Waals surface area contributed by atoms with Crippen LogP contribution < -0.4 is 9.64 Å². The summed E-state index contributed by atoms with van der Waals surface area (Å²) in [5, 5.41) is 0. The minimum Gasteiger partial charge on any atom is -0.475 e. The van der Waals surface area contributed by atoms with Crippen LogP contribution in [0.3, 0.4) is 0 Å². The van der Waals surface area contributed by atoms with Gasteiger partial charge in [-0.25, -0.2) is 13.8 Å². The monoisotopic (exact) mass is 437 g/mol. The van der Waals surface area contributed by atoms with Crippen molar-refractivity contribution in [2.45, 2.75) is 33.6 Å². The molecule has 9 heteroatoms. The Labute approximate surface area is 179 Å². The number of hydrogen-bond donors (Lipinski definition) is 0. The molecule has 2 heterocycles. The van der Waals surface area contributed by atoms with Crippen molar-refractivity contribution in [2.75, 3.05) is 31.2 Å². The molecule has 1 aromatic carbocycles. The number of halogens is 3. The summed E-state index contributed by atoms with van der Waals surface area (Å²) in [5.41, 5.74) is -0.0797. The first-order valence-electron chi connectivity index (χ1n) is 10.3. The zero-order chi connectivity index (χ0) is 22.5. The van der Waals surface area contributed by atoms with Gasteiger partial charge >= 0.3 is 5.97 Å². The molecule has 0 spiro atoms. The predicted octanol–water partition coefficient (Wildman–Crippen LogP) is 4.38. The second-order valence-corrected chi connectivity index (χ2v) is 7.95. The van der Waals surface area contributed by atoms with Crippen LogP contribution in [0.25, 0.3) is 11.4 Å². The number of rotatable bonds is 8. The summed E-state index contributed by atoms with van der Waals surface area (Å²) in [7, 11) is 0. The van der Waals surface area contributed by atoms with Gasteiger partial charge in [0.15, 0.2) is 5.82 Å². The number of hydrogen-bond acceptors (Lipinski definition) is 6. The summed E-state index contributed by atoms with van der Waals surface area (Å²) < 4.78 is 53.9. The largest absolute Gasteiger partial charge is 0.475 e. The van der Waals surface area contributed by atoms with Crippen molar-refractivity contribution in [1.29, 1.82) is 0 Å². The van der Waals surface area contributed by atoms with Gasteiger partial charge in [-0.15, -0.1) is 0 Å². The van der Waals surface area contributed by atoms with Crippen LogP contribution >= 0.6 is 0 Å². The lowest BCUT2D eigenvalue weighted by molar-refractivity contribution is -0.144. The van der Waals surface area contributed by atoms with Crippen LogP contribution in [0.2, 0.25) is 0 Å². The van der Waals surface area contributed by atoms with Gasteiger partial charge in [-0.1, -0.05) is 13.8 Å². The Hall–Kier alpha value is -2.84. The van der Waals surface area contributed by atoms with Crippen LogP contribution in [-0.2, 0) is 9.53 Å². The first-order valence-corrected chi connectivity index (χ1v) is 10.3. The molecule has 31 heavy (non-hydrogen) atoms. The van der Waals surface area contributed by atoms with Gasteiger partial charge in [0, 0.05) is 18.7 Å². The molecule has 1 fully saturated rings. The molecule has 0 bridgehead atoms. The molecule has 0 saturated carbocycles. The van der Waals surface area contributed by atoms with Gasteiger partial charge in [0.1, 0.15) is 17.3 Å². The normalized spacial score (nSPS) is 16.1. The van der Waals surface area contributed by atoms with Crippen molar-refractivity contribution < 1.29 is 27.4 Å². The van der Waals surface area contributed by atoms with Crippen molar-refractivity contribution >= 4 is 11.7 Å². The number of anilines is 1. The third kappa shape index (κ3) is 5.65. The van der Waals surface area contributed by atoms with E-state index in [0.717, 1.165) is 18.3 Å². The number of carbonyl (C=O) groups excluding carboxylic acids is 1. The standard InChI is InChI=1S/C22H26F3N3O3/c1-4-30-19(29)7-14-5-6-28(11-14)20-16(23)8-15(9-17(20)24)21-26-10-18(25)22(27-21)31-12-13(2)3/h8-10,13-14H,4-7,11-12H2,1-3H3. The van der Waals surface area contributed by atoms with Gasteiger partial charge in [0.05, 0.1) is 25.8 Å². The van der Waals surface area contributed by atoms with Crippen molar-refractivity contribution in [3.63, 3.8) is 0 Å². The Morgan fingerprint density at radius 1 is 1.23 bits per heavy atom. The summed E-state index contributed by atoms with van der Waals surface area (Å²) in [6.07, 6.45) is 1.77. The second-order valence-electron chi connectivity index (χ2n) is 7.95. The number of benzene rings is 1. The quantitative estimate of drug-likeness (QED) is 0.572. The summed E-state index contributed by atoms with van der Waals surface area (Å²) in [4.78, 5) is 21.1. The Morgan fingerprint density at radius 3 is 2.58 bits per heavy atom. The molecule has 1 atom stereocenters. The lowest BCUT2D eigenvalue weighted by atomic mass is 10.1. The van der Waals surface area contributed by atoms with Gasteiger partial charge in [-0.2, -0.15) is 9.37 Å². The molecule has 1 aromatic heterocycles. The fourth-order valence-corrected chi connectivity index (χ4v) is 3.49. The molecule has 1 aliphatic rings. The molecule has 0 N–H and O–H groups in total. The van der Waals surface area contributed by atoms with E-state index < -0.39 is 17.5 Å². The van der Waals surface area contributed by atoms with Crippen LogP contribution in [0.5, 0.6) is 5.88 Å². The molecule has 1 unspecified atom stereocenters. The topological polar surface area (TPSA) is 64.5 Å². The summed E-state index contributed by atoms with van der Waals surface area (Å²) >= 11 is 0. The number of carbonyl (C=O) groups is 1. The Kier molecular flexibility index (Phi) is 7.35. The Bertz CT molecular complexity index is 916. The van der Waals surface area contributed by atoms with Gasteiger partial charge in [-0.05, 0) is 37.3 Å². The molecule has 1 aliphatic heterocycles. The fourth-order valence-electron chi connectivity index (χ4n) is 3.49. The zero-order valence-electron chi connectivity index (χ0n) is 17.8. The van der Waals surface area contributed by atoms with Gasteiger partial charge in [0.2, 0.25) is 5.82 Å². The van der Waals surface area contributed by atoms with Crippen LogP contribution in [0.4, 0.5) is 18.9 Å². The number of nitrogens with zero attached hydrogens (tertiary/aromatic N) is 3. The van der Waals surface area contributed by atoms with Crippen LogP contribution in [0, 0.1) is 29.3 Å². The molecule has 2 aromatic rings. The van der Waals surface area contributed by atoms with E-state index in [2.05, 4.69) is 9.97 Å². The number of esters is 1. The molecule has 0 radical (unpaired) electrons. The maximum Gasteiger partial charge on any atom is 0.306 e. The lowest BCUT2D eigenvalue weighted by Crippen LogP contribution is -2.23. The zero-order valence-corrected chi connectivity index (χ0v) is 17.8. The molecule has 0 aliphatic carbocycles. The minimum atomic E-state index is -0.774. The van der Waals surface area contributed by atoms with Crippen molar-refractivity contribution in [1.82, 2.24) is 9.97 Å². The highest BCUT2D eigenvalue weighted by atomic mass is 19.1. The fraction of sp³-hybridized carbons (Fsp3) is 0.500. The van der Waals surface area contributed by atoms with Gasteiger partial charge < -0.3 is 14.4 Å². The Balaban J connectivity index is 1.78. The number of aromatic nitrogens is 2. The van der Waals surface area contributed by atoms with E-state index >= 15 is 0 Å². The Morgan fingerprint density at radius 2 is 1.94 bits per heavy atom. The van der Waals surface area contributed by atoms with E-state index in [1.54, 1.807) is 11.8 Å². The second kappa shape index (κ2) is 9.98. The van der Waals surface area contributed by atoms with E-state index in [1.165, 1.54) is 0 Å². The highest BCUT2D eigenvalue weighted by Gasteiger charge is 2.29. The first kappa shape index (κ1) is 22.8. The third-order valence-electron chi connectivity index (χ3n) is 4.90. The molecule has 168 valence electrons. The predicted molar refractivity (Wildman–Crippen MR) is 109 cm³/mol. The van der Waals surface area contributed by atoms with E-state index in [9.17, 15) is 18.0 Å². The lowest BCUT2D eigenvalue weighted by Gasteiger charge is -2.20. The SMILES string of the molecule is CCOC(=O)CC1CCN(c2c(F)cc(-c3ncc(F)c(OCC(C)C)n3)cc2F)C1. The van der Waals surface area contributed by atoms with E-state index in [4.69, 9.17) is 9.47 Å². The summed E-state index contributed by atoms with van der Waals surface area (Å²) in [6, 6.07) is 2.24. The highest BCUT2D eigenvalue weighted by molar-refractivity contribution is 5.70. The van der Waals surface area contributed by atoms with Gasteiger partial charge in [0.25, 0.3) is 5.88 Å². The highest BCUT2D eigenvalue weighted by Crippen LogP contribution is 2.33. The van der Waals surface area contributed by atoms with Gasteiger partial charge in [-0.3, -0.25) is 4.79 Å². The maximum atomic E-state index is 14.9. The molecule has 0 amide bonds. The van der Waals surface area contributed by atoms with E-state index in [-0.39, 0.29) is 53.8 Å². The molecule has 6 nitrogen and oxygen atoms in total. The summed E-state index contributed by atoms with van der Waals surface area (Å²) in [5.74, 6) is -2.77. The van der Waals surface area contributed by atoms with E-state index in [1.807, 2.05) is 13.8 Å². The van der Waals surface area contributed by atoms with Crippen molar-refractivity contribution in [2.24, 2.45) is 11.8 Å². The van der Waals surface area contributed by atoms with Crippen LogP contribution in [0.15, 0.2) is 18.3 Å². The van der Waals surface area contributed by atoms with E-state index in [0.29, 0.717) is 26.1 Å². The first-order chi connectivity index (χ1) is 14.8. The third-order valence-corrected chi connectivity index (χ3v) is 4.90. The molecule has 3 rings (SSSR count). The number of ether oxygens (including phenoxy) is 2. The average Bonchev–Trinajstić information content (AvgIpc) is 3.14.